The lowest BCUT2D eigenvalue weighted by Gasteiger charge is -2.25. The quantitative estimate of drug-likeness (QED) is 0.603. The second-order valence-corrected chi connectivity index (χ2v) is 7.48. The van der Waals surface area contributed by atoms with E-state index in [0.717, 1.165) is 36.8 Å². The molecule has 0 aliphatic carbocycles. The molecule has 0 radical (unpaired) electrons. The fourth-order valence-corrected chi connectivity index (χ4v) is 3.55. The number of benzene rings is 1. The fourth-order valence-electron chi connectivity index (χ4n) is 2.70. The second-order valence-electron chi connectivity index (χ2n) is 6.75. The molecule has 6 heteroatoms. The number of hydrogen-bond donors (Lipinski definition) is 1. The summed E-state index contributed by atoms with van der Waals surface area (Å²) in [5.41, 5.74) is 1.21. The molecule has 0 unspecified atom stereocenters. The summed E-state index contributed by atoms with van der Waals surface area (Å²) in [6.07, 6.45) is 4.60. The SMILES string of the molecule is CCCCCNC(=O)CCN(c1nc(Cc2ccccc2)ns1)C(C)C. The van der Waals surface area contributed by atoms with Crippen LogP contribution in [0.25, 0.3) is 0 Å². The average Bonchev–Trinajstić information content (AvgIpc) is 3.07. The molecule has 2 aromatic rings. The van der Waals surface area contributed by atoms with Gasteiger partial charge in [0.25, 0.3) is 0 Å². The number of nitrogens with one attached hydrogen (secondary N) is 1. The summed E-state index contributed by atoms with van der Waals surface area (Å²) in [7, 11) is 0. The number of anilines is 1. The van der Waals surface area contributed by atoms with Crippen molar-refractivity contribution in [2.45, 2.75) is 58.9 Å². The van der Waals surface area contributed by atoms with Crippen LogP contribution in [0.3, 0.4) is 0 Å². The minimum Gasteiger partial charge on any atom is -0.356 e. The largest absolute Gasteiger partial charge is 0.356 e. The number of unbranched alkanes of at least 4 members (excludes halogenated alkanes) is 2. The molecule has 0 aliphatic rings. The maximum atomic E-state index is 12.0. The van der Waals surface area contributed by atoms with Gasteiger partial charge in [0, 0.05) is 43.5 Å². The number of carbonyl (C=O) groups excluding carboxylic acids is 1. The smallest absolute Gasteiger partial charge is 0.221 e. The first kappa shape index (κ1) is 20.4. The Kier molecular flexibility index (Phi) is 8.54. The van der Waals surface area contributed by atoms with Crippen molar-refractivity contribution in [1.29, 1.82) is 0 Å². The van der Waals surface area contributed by atoms with Crippen LogP contribution < -0.4 is 10.2 Å². The van der Waals surface area contributed by atoms with E-state index in [1.54, 1.807) is 0 Å². The zero-order valence-electron chi connectivity index (χ0n) is 16.1. The normalized spacial score (nSPS) is 10.9. The second kappa shape index (κ2) is 10.9. The fraction of sp³-hybridized carbons (Fsp3) is 0.550. The predicted octanol–water partition coefficient (Wildman–Crippen LogP) is 4.04. The Morgan fingerprint density at radius 1 is 1.23 bits per heavy atom. The van der Waals surface area contributed by atoms with E-state index in [2.05, 4.69) is 47.5 Å². The van der Waals surface area contributed by atoms with E-state index < -0.39 is 0 Å². The third kappa shape index (κ3) is 6.75. The van der Waals surface area contributed by atoms with E-state index in [4.69, 9.17) is 4.98 Å². The van der Waals surface area contributed by atoms with E-state index in [9.17, 15) is 4.79 Å². The van der Waals surface area contributed by atoms with Gasteiger partial charge in [-0.3, -0.25) is 4.79 Å². The van der Waals surface area contributed by atoms with Crippen LogP contribution in [0.1, 0.15) is 57.8 Å². The first-order valence-electron chi connectivity index (χ1n) is 9.50. The lowest BCUT2D eigenvalue weighted by Crippen LogP contribution is -2.35. The van der Waals surface area contributed by atoms with Gasteiger partial charge in [0.2, 0.25) is 11.0 Å². The Morgan fingerprint density at radius 2 is 2.00 bits per heavy atom. The van der Waals surface area contributed by atoms with Gasteiger partial charge in [0.1, 0.15) is 5.82 Å². The van der Waals surface area contributed by atoms with Crippen LogP contribution in [0.4, 0.5) is 5.13 Å². The van der Waals surface area contributed by atoms with Crippen molar-refractivity contribution < 1.29 is 4.79 Å². The van der Waals surface area contributed by atoms with Crippen LogP contribution in [0.2, 0.25) is 0 Å². The van der Waals surface area contributed by atoms with Crippen LogP contribution in [-0.2, 0) is 11.2 Å². The third-order valence-electron chi connectivity index (χ3n) is 4.21. The molecule has 0 fully saturated rings. The summed E-state index contributed by atoms with van der Waals surface area (Å²) in [5, 5.41) is 3.90. The van der Waals surface area contributed by atoms with Gasteiger partial charge in [0.15, 0.2) is 0 Å². The van der Waals surface area contributed by atoms with E-state index in [1.165, 1.54) is 23.5 Å². The van der Waals surface area contributed by atoms with Crippen molar-refractivity contribution in [1.82, 2.24) is 14.7 Å². The third-order valence-corrected chi connectivity index (χ3v) is 5.00. The van der Waals surface area contributed by atoms with Gasteiger partial charge < -0.3 is 10.2 Å². The highest BCUT2D eigenvalue weighted by atomic mass is 32.1. The molecule has 26 heavy (non-hydrogen) atoms. The zero-order valence-corrected chi connectivity index (χ0v) is 16.9. The molecule has 1 amide bonds. The monoisotopic (exact) mass is 374 g/mol. The summed E-state index contributed by atoms with van der Waals surface area (Å²) in [6.45, 7) is 7.84. The number of rotatable bonds is 11. The van der Waals surface area contributed by atoms with Crippen LogP contribution in [0.15, 0.2) is 30.3 Å². The molecule has 2 rings (SSSR count). The molecular weight excluding hydrogens is 344 g/mol. The molecular formula is C20H30N4OS. The number of amides is 1. The molecule has 0 atom stereocenters. The highest BCUT2D eigenvalue weighted by Gasteiger charge is 2.17. The molecule has 142 valence electrons. The minimum atomic E-state index is 0.112. The molecule has 5 nitrogen and oxygen atoms in total. The molecule has 0 spiro atoms. The highest BCUT2D eigenvalue weighted by molar-refractivity contribution is 7.09. The van der Waals surface area contributed by atoms with Crippen molar-refractivity contribution >= 4 is 22.6 Å². The summed E-state index contributed by atoms with van der Waals surface area (Å²) in [4.78, 5) is 18.9. The van der Waals surface area contributed by atoms with Crippen LogP contribution in [0.5, 0.6) is 0 Å². The summed E-state index contributed by atoms with van der Waals surface area (Å²) >= 11 is 1.41. The van der Waals surface area contributed by atoms with Gasteiger partial charge in [-0.25, -0.2) is 4.98 Å². The number of carbonyl (C=O) groups is 1. The van der Waals surface area contributed by atoms with E-state index >= 15 is 0 Å². The van der Waals surface area contributed by atoms with Crippen molar-refractivity contribution in [3.05, 3.63) is 41.7 Å². The Labute approximate surface area is 161 Å². The van der Waals surface area contributed by atoms with Gasteiger partial charge in [-0.15, -0.1) is 0 Å². The van der Waals surface area contributed by atoms with Crippen LogP contribution >= 0.6 is 11.5 Å². The number of hydrogen-bond acceptors (Lipinski definition) is 5. The molecule has 1 aromatic carbocycles. The van der Waals surface area contributed by atoms with E-state index in [0.29, 0.717) is 13.0 Å². The number of nitrogens with zero attached hydrogens (tertiary/aromatic N) is 3. The van der Waals surface area contributed by atoms with Crippen LogP contribution in [-0.4, -0.2) is 34.4 Å². The van der Waals surface area contributed by atoms with Crippen LogP contribution in [0, 0.1) is 0 Å². The van der Waals surface area contributed by atoms with Crippen molar-refractivity contribution in [2.24, 2.45) is 0 Å². The lowest BCUT2D eigenvalue weighted by molar-refractivity contribution is -0.120. The molecule has 1 N–H and O–H groups in total. The predicted molar refractivity (Wildman–Crippen MR) is 109 cm³/mol. The summed E-state index contributed by atoms with van der Waals surface area (Å²) in [5.74, 6) is 0.951. The standard InChI is InChI=1S/C20H30N4OS/c1-4-5-9-13-21-19(25)12-14-24(16(2)3)20-22-18(23-26-20)15-17-10-7-6-8-11-17/h6-8,10-11,16H,4-5,9,12-15H2,1-3H3,(H,21,25). The average molecular weight is 375 g/mol. The molecule has 0 saturated heterocycles. The summed E-state index contributed by atoms with van der Waals surface area (Å²) < 4.78 is 4.50. The molecule has 1 heterocycles. The number of aromatic nitrogens is 2. The van der Waals surface area contributed by atoms with Crippen molar-refractivity contribution in [3.63, 3.8) is 0 Å². The zero-order chi connectivity index (χ0) is 18.8. The molecule has 0 saturated carbocycles. The van der Waals surface area contributed by atoms with E-state index in [-0.39, 0.29) is 11.9 Å². The van der Waals surface area contributed by atoms with E-state index in [1.807, 2.05) is 18.2 Å². The Bertz CT molecular complexity index is 657. The van der Waals surface area contributed by atoms with Gasteiger partial charge >= 0.3 is 0 Å². The molecule has 0 aliphatic heterocycles. The Hall–Kier alpha value is -1.95. The van der Waals surface area contributed by atoms with Crippen molar-refractivity contribution in [3.8, 4) is 0 Å². The topological polar surface area (TPSA) is 58.1 Å². The van der Waals surface area contributed by atoms with Crippen molar-refractivity contribution in [2.75, 3.05) is 18.0 Å². The Balaban J connectivity index is 1.88. The molecule has 0 bridgehead atoms. The Morgan fingerprint density at radius 3 is 2.69 bits per heavy atom. The summed E-state index contributed by atoms with van der Waals surface area (Å²) in [6, 6.07) is 10.5. The molecule has 1 aromatic heterocycles. The first-order valence-corrected chi connectivity index (χ1v) is 10.3. The van der Waals surface area contributed by atoms with Gasteiger partial charge in [0.05, 0.1) is 0 Å². The maximum absolute atomic E-state index is 12.0. The minimum absolute atomic E-state index is 0.112. The maximum Gasteiger partial charge on any atom is 0.221 e. The van der Waals surface area contributed by atoms with Gasteiger partial charge in [-0.2, -0.15) is 4.37 Å². The highest BCUT2D eigenvalue weighted by Crippen LogP contribution is 2.21. The lowest BCUT2D eigenvalue weighted by atomic mass is 10.1. The first-order chi connectivity index (χ1) is 12.6. The van der Waals surface area contributed by atoms with Gasteiger partial charge in [-0.05, 0) is 25.8 Å². The van der Waals surface area contributed by atoms with Gasteiger partial charge in [-0.1, -0.05) is 50.1 Å².